The van der Waals surface area contributed by atoms with E-state index in [-0.39, 0.29) is 29.7 Å². The van der Waals surface area contributed by atoms with E-state index in [1.807, 2.05) is 0 Å². The number of carbonyl (C=O) groups excluding carboxylic acids is 2. The van der Waals surface area contributed by atoms with E-state index < -0.39 is 34.0 Å². The lowest BCUT2D eigenvalue weighted by molar-refractivity contribution is -0.142. The van der Waals surface area contributed by atoms with Crippen molar-refractivity contribution in [3.05, 3.63) is 60.2 Å². The summed E-state index contributed by atoms with van der Waals surface area (Å²) < 4.78 is 27.4. The molecule has 0 radical (unpaired) electrons. The first-order valence-corrected chi connectivity index (χ1v) is 15.0. The summed E-state index contributed by atoms with van der Waals surface area (Å²) in [4.78, 5) is 39.5. The topological polar surface area (TPSA) is 148 Å². The van der Waals surface area contributed by atoms with Gasteiger partial charge in [-0.25, -0.2) is 13.2 Å². The Bertz CT molecular complexity index is 1350. The molecule has 0 aliphatic carbocycles. The van der Waals surface area contributed by atoms with Gasteiger partial charge in [0.05, 0.1) is 4.90 Å². The SMILES string of the molecule is CC(=N)CCCC1CC(=O)N(c2ccc(C[C@H](NC(=O)[C@@H]3CCCN3S(=O)(=O)c3ccccc3)C(=O)O)cc2)C1. The molecule has 2 aliphatic heterocycles. The Morgan fingerprint density at radius 1 is 1.12 bits per heavy atom. The van der Waals surface area contributed by atoms with Crippen molar-refractivity contribution in [1.29, 1.82) is 5.41 Å². The van der Waals surface area contributed by atoms with Crippen LogP contribution in [0.5, 0.6) is 0 Å². The van der Waals surface area contributed by atoms with E-state index in [0.717, 1.165) is 29.3 Å². The highest BCUT2D eigenvalue weighted by Crippen LogP contribution is 2.29. The second kappa shape index (κ2) is 12.7. The standard InChI is InChI=1S/C29H36N4O6S/c1-20(30)7-5-8-22-18-27(34)32(19-22)23-14-12-21(13-15-23)17-25(29(36)37)31-28(35)26-11-6-16-33(26)40(38,39)24-9-3-2-4-10-24/h2-4,9-10,12-15,22,25-26,30H,5-8,11,16-19H2,1H3,(H,31,35)(H,36,37)/t22?,25-,26-/m0/s1. The van der Waals surface area contributed by atoms with Crippen LogP contribution >= 0.6 is 0 Å². The van der Waals surface area contributed by atoms with Crippen LogP contribution in [0.3, 0.4) is 0 Å². The van der Waals surface area contributed by atoms with Crippen molar-refractivity contribution < 1.29 is 27.9 Å². The number of amides is 2. The van der Waals surface area contributed by atoms with E-state index in [9.17, 15) is 27.9 Å². The van der Waals surface area contributed by atoms with E-state index in [0.29, 0.717) is 37.1 Å². The molecular weight excluding hydrogens is 532 g/mol. The number of carboxylic acid groups (broad SMARTS) is 1. The van der Waals surface area contributed by atoms with Crippen molar-refractivity contribution in [3.8, 4) is 0 Å². The van der Waals surface area contributed by atoms with Gasteiger partial charge in [-0.05, 0) is 74.8 Å². The van der Waals surface area contributed by atoms with Gasteiger partial charge in [0.1, 0.15) is 12.1 Å². The summed E-state index contributed by atoms with van der Waals surface area (Å²) in [6, 6.07) is 12.7. The van der Waals surface area contributed by atoms with Gasteiger partial charge in [-0.2, -0.15) is 4.31 Å². The van der Waals surface area contributed by atoms with Crippen LogP contribution in [-0.4, -0.2) is 66.5 Å². The predicted molar refractivity (Wildman–Crippen MR) is 151 cm³/mol. The van der Waals surface area contributed by atoms with Gasteiger partial charge in [0.15, 0.2) is 0 Å². The second-order valence-corrected chi connectivity index (χ2v) is 12.5. The third kappa shape index (κ3) is 6.95. The maximum Gasteiger partial charge on any atom is 0.326 e. The van der Waals surface area contributed by atoms with Crippen molar-refractivity contribution in [1.82, 2.24) is 9.62 Å². The molecule has 2 heterocycles. The Kier molecular flexibility index (Phi) is 9.36. The van der Waals surface area contributed by atoms with Gasteiger partial charge < -0.3 is 20.7 Å². The number of anilines is 1. The monoisotopic (exact) mass is 568 g/mol. The molecule has 2 aromatic rings. The Morgan fingerprint density at radius 2 is 1.82 bits per heavy atom. The van der Waals surface area contributed by atoms with Gasteiger partial charge >= 0.3 is 5.97 Å². The fraction of sp³-hybridized carbons (Fsp3) is 0.448. The molecule has 11 heteroatoms. The normalized spacial score (nSPS) is 20.4. The summed E-state index contributed by atoms with van der Waals surface area (Å²) in [5.74, 6) is -1.55. The van der Waals surface area contributed by atoms with Crippen molar-refractivity contribution in [2.45, 2.75) is 68.8 Å². The number of aliphatic carboxylic acids is 1. The molecule has 40 heavy (non-hydrogen) atoms. The number of sulfonamides is 1. The van der Waals surface area contributed by atoms with Crippen LogP contribution in [0.2, 0.25) is 0 Å². The smallest absolute Gasteiger partial charge is 0.326 e. The lowest BCUT2D eigenvalue weighted by Crippen LogP contribution is -2.51. The van der Waals surface area contributed by atoms with Crippen molar-refractivity contribution >= 4 is 39.2 Å². The Labute approximate surface area is 234 Å². The minimum Gasteiger partial charge on any atom is -0.480 e. The third-order valence-electron chi connectivity index (χ3n) is 7.53. The molecule has 214 valence electrons. The summed E-state index contributed by atoms with van der Waals surface area (Å²) in [6.45, 7) is 2.59. The van der Waals surface area contributed by atoms with Crippen LogP contribution in [0.15, 0.2) is 59.5 Å². The first-order valence-electron chi connectivity index (χ1n) is 13.6. The maximum atomic E-state index is 13.1. The Balaban J connectivity index is 1.38. The highest BCUT2D eigenvalue weighted by molar-refractivity contribution is 7.89. The molecule has 1 unspecified atom stereocenters. The van der Waals surface area contributed by atoms with Crippen LogP contribution in [0.4, 0.5) is 5.69 Å². The quantitative estimate of drug-likeness (QED) is 0.335. The minimum absolute atomic E-state index is 0.0130. The molecule has 2 aromatic carbocycles. The van der Waals surface area contributed by atoms with Crippen molar-refractivity contribution in [3.63, 3.8) is 0 Å². The van der Waals surface area contributed by atoms with E-state index in [1.54, 1.807) is 54.3 Å². The van der Waals surface area contributed by atoms with Gasteiger partial charge in [0.2, 0.25) is 21.8 Å². The summed E-state index contributed by atoms with van der Waals surface area (Å²) in [6.07, 6.45) is 3.82. The number of nitrogens with zero attached hydrogens (tertiary/aromatic N) is 2. The number of hydrogen-bond donors (Lipinski definition) is 3. The predicted octanol–water partition coefficient (Wildman–Crippen LogP) is 3.21. The average Bonchev–Trinajstić information content (AvgIpc) is 3.56. The Hall–Kier alpha value is -3.57. The highest BCUT2D eigenvalue weighted by Gasteiger charge is 2.40. The first-order chi connectivity index (χ1) is 19.1. The molecular formula is C29H36N4O6S. The van der Waals surface area contributed by atoms with Crippen LogP contribution in [0.25, 0.3) is 0 Å². The van der Waals surface area contributed by atoms with Gasteiger partial charge in [0.25, 0.3) is 0 Å². The lowest BCUT2D eigenvalue weighted by atomic mass is 10.0. The molecule has 2 fully saturated rings. The highest BCUT2D eigenvalue weighted by atomic mass is 32.2. The third-order valence-corrected chi connectivity index (χ3v) is 9.45. The lowest BCUT2D eigenvalue weighted by Gasteiger charge is -2.25. The molecule has 3 N–H and O–H groups in total. The van der Waals surface area contributed by atoms with Crippen LogP contribution in [0.1, 0.15) is 51.0 Å². The van der Waals surface area contributed by atoms with Gasteiger partial charge in [0, 0.05) is 37.3 Å². The fourth-order valence-corrected chi connectivity index (χ4v) is 7.09. The largest absolute Gasteiger partial charge is 0.480 e. The molecule has 2 aliphatic rings. The zero-order chi connectivity index (χ0) is 28.9. The summed E-state index contributed by atoms with van der Waals surface area (Å²) in [5, 5.41) is 19.9. The van der Waals surface area contributed by atoms with E-state index in [4.69, 9.17) is 5.41 Å². The van der Waals surface area contributed by atoms with E-state index >= 15 is 0 Å². The van der Waals surface area contributed by atoms with Crippen molar-refractivity contribution in [2.75, 3.05) is 18.0 Å². The van der Waals surface area contributed by atoms with Gasteiger partial charge in [-0.3, -0.25) is 9.59 Å². The van der Waals surface area contributed by atoms with Gasteiger partial charge in [-0.1, -0.05) is 30.3 Å². The first kappa shape index (κ1) is 29.4. The zero-order valence-electron chi connectivity index (χ0n) is 22.6. The number of carboxylic acids is 1. The summed E-state index contributed by atoms with van der Waals surface area (Å²) >= 11 is 0. The van der Waals surface area contributed by atoms with Crippen LogP contribution < -0.4 is 10.2 Å². The number of hydrogen-bond acceptors (Lipinski definition) is 6. The van der Waals surface area contributed by atoms with E-state index in [1.165, 1.54) is 12.1 Å². The van der Waals surface area contributed by atoms with Crippen molar-refractivity contribution in [2.24, 2.45) is 5.92 Å². The van der Waals surface area contributed by atoms with Crippen LogP contribution in [-0.2, 0) is 30.8 Å². The number of benzene rings is 2. The summed E-state index contributed by atoms with van der Waals surface area (Å²) in [7, 11) is -3.90. The molecule has 0 spiro atoms. The number of rotatable bonds is 12. The molecule has 4 rings (SSSR count). The molecule has 0 bridgehead atoms. The molecule has 10 nitrogen and oxygen atoms in total. The molecule has 2 amide bonds. The molecule has 3 atom stereocenters. The van der Waals surface area contributed by atoms with E-state index in [2.05, 4.69) is 5.32 Å². The molecule has 0 saturated carbocycles. The maximum absolute atomic E-state index is 13.1. The molecule has 0 aromatic heterocycles. The number of carbonyl (C=O) groups is 3. The van der Waals surface area contributed by atoms with Crippen LogP contribution in [0, 0.1) is 11.3 Å². The summed E-state index contributed by atoms with van der Waals surface area (Å²) in [5.41, 5.74) is 2.05. The number of nitrogens with one attached hydrogen (secondary N) is 2. The van der Waals surface area contributed by atoms with Gasteiger partial charge in [-0.15, -0.1) is 0 Å². The Morgan fingerprint density at radius 3 is 2.48 bits per heavy atom. The minimum atomic E-state index is -3.90. The molecule has 2 saturated heterocycles. The zero-order valence-corrected chi connectivity index (χ0v) is 23.4. The second-order valence-electron chi connectivity index (χ2n) is 10.6. The fourth-order valence-electron chi connectivity index (χ4n) is 5.41. The average molecular weight is 569 g/mol.